The molecule has 0 aliphatic heterocycles. The maximum absolute atomic E-state index is 13.5. The first-order valence-corrected chi connectivity index (χ1v) is 11.8. The summed E-state index contributed by atoms with van der Waals surface area (Å²) in [7, 11) is -3.84. The Bertz CT molecular complexity index is 1220. The summed E-state index contributed by atoms with van der Waals surface area (Å²) in [5.74, 6) is 0. The van der Waals surface area contributed by atoms with E-state index in [0.717, 1.165) is 30.8 Å². The zero-order chi connectivity index (χ0) is 20.1. The number of sulfone groups is 1. The fourth-order valence-corrected chi connectivity index (χ4v) is 6.20. The van der Waals surface area contributed by atoms with E-state index in [2.05, 4.69) is 31.9 Å². The molecule has 0 aliphatic carbocycles. The van der Waals surface area contributed by atoms with Crippen LogP contribution in [0.15, 0.2) is 80.6 Å². The largest absolute Gasteiger partial charge is 0.390 e. The van der Waals surface area contributed by atoms with Gasteiger partial charge in [-0.2, -0.15) is 0 Å². The van der Waals surface area contributed by atoms with E-state index < -0.39 is 21.3 Å². The van der Waals surface area contributed by atoms with Crippen LogP contribution < -0.4 is 0 Å². The van der Waals surface area contributed by atoms with Crippen molar-refractivity contribution in [3.63, 3.8) is 0 Å². The van der Waals surface area contributed by atoms with Gasteiger partial charge in [0.1, 0.15) is 0 Å². The zero-order valence-electron chi connectivity index (χ0n) is 14.9. The van der Waals surface area contributed by atoms with Crippen molar-refractivity contribution in [2.24, 2.45) is 0 Å². The summed E-state index contributed by atoms with van der Waals surface area (Å²) in [5, 5.41) is 11.3. The third kappa shape index (κ3) is 3.20. The lowest BCUT2D eigenvalue weighted by Gasteiger charge is -2.24. The molecular weight excluding hydrogens is 506 g/mol. The molecular formula is C21H17Br2NO3S. The van der Waals surface area contributed by atoms with Crippen molar-refractivity contribution in [3.8, 4) is 0 Å². The molecule has 0 saturated carbocycles. The Labute approximate surface area is 180 Å². The molecule has 4 nitrogen and oxygen atoms in total. The number of aliphatic hydroxyl groups excluding tert-OH is 1. The number of fused-ring (bicyclic) bond motifs is 3. The molecule has 7 heteroatoms. The van der Waals surface area contributed by atoms with Gasteiger partial charge in [-0.3, -0.25) is 0 Å². The predicted octanol–water partition coefficient (Wildman–Crippen LogP) is 5.67. The highest BCUT2D eigenvalue weighted by atomic mass is 79.9. The van der Waals surface area contributed by atoms with Gasteiger partial charge in [0.05, 0.1) is 22.0 Å². The fourth-order valence-electron chi connectivity index (χ4n) is 3.64. The fraction of sp³-hybridized carbons (Fsp3) is 0.143. The van der Waals surface area contributed by atoms with E-state index >= 15 is 0 Å². The number of aliphatic hydroxyl groups is 1. The second kappa shape index (κ2) is 7.30. The number of benzene rings is 3. The lowest BCUT2D eigenvalue weighted by atomic mass is 10.2. The minimum Gasteiger partial charge on any atom is -0.390 e. The average molecular weight is 523 g/mol. The third-order valence-electron chi connectivity index (χ3n) is 4.78. The molecule has 4 aromatic rings. The first-order chi connectivity index (χ1) is 13.3. The second-order valence-electron chi connectivity index (χ2n) is 6.68. The van der Waals surface area contributed by atoms with Crippen molar-refractivity contribution in [2.75, 3.05) is 0 Å². The molecule has 0 radical (unpaired) electrons. The quantitative estimate of drug-likeness (QED) is 0.375. The summed E-state index contributed by atoms with van der Waals surface area (Å²) >= 11 is 7.00. The molecule has 2 atom stereocenters. The maximum atomic E-state index is 13.5. The average Bonchev–Trinajstić information content (AvgIpc) is 2.95. The Balaban J connectivity index is 2.10. The van der Waals surface area contributed by atoms with E-state index in [1.54, 1.807) is 34.9 Å². The minimum absolute atomic E-state index is 0.185. The van der Waals surface area contributed by atoms with E-state index in [4.69, 9.17) is 0 Å². The van der Waals surface area contributed by atoms with Gasteiger partial charge in [-0.1, -0.05) is 50.1 Å². The van der Waals surface area contributed by atoms with Crippen molar-refractivity contribution in [3.05, 3.63) is 75.7 Å². The number of halogens is 2. The predicted molar refractivity (Wildman–Crippen MR) is 119 cm³/mol. The van der Waals surface area contributed by atoms with E-state index in [9.17, 15) is 13.5 Å². The molecule has 0 aliphatic rings. The molecule has 1 aromatic heterocycles. The highest BCUT2D eigenvalue weighted by Crippen LogP contribution is 2.39. The Morgan fingerprint density at radius 1 is 0.857 bits per heavy atom. The van der Waals surface area contributed by atoms with Crippen LogP contribution in [-0.2, 0) is 9.84 Å². The summed E-state index contributed by atoms with van der Waals surface area (Å²) < 4.78 is 30.5. The normalized spacial score (nSPS) is 14.4. The molecule has 2 unspecified atom stereocenters. The molecule has 0 bridgehead atoms. The van der Waals surface area contributed by atoms with Crippen LogP contribution in [0, 0.1) is 0 Å². The van der Waals surface area contributed by atoms with Gasteiger partial charge in [-0.25, -0.2) is 8.42 Å². The number of hydrogen-bond donors (Lipinski definition) is 1. The lowest BCUT2D eigenvalue weighted by molar-refractivity contribution is 0.167. The van der Waals surface area contributed by atoms with Gasteiger partial charge >= 0.3 is 0 Å². The first kappa shape index (κ1) is 19.6. The van der Waals surface area contributed by atoms with Crippen molar-refractivity contribution in [2.45, 2.75) is 23.3 Å². The van der Waals surface area contributed by atoms with Gasteiger partial charge in [0.25, 0.3) is 0 Å². The summed E-state index contributed by atoms with van der Waals surface area (Å²) in [6, 6.07) is 19.7. The van der Waals surface area contributed by atoms with Gasteiger partial charge in [0.2, 0.25) is 9.84 Å². The van der Waals surface area contributed by atoms with Gasteiger partial charge in [-0.15, -0.1) is 0 Å². The molecule has 0 spiro atoms. The van der Waals surface area contributed by atoms with Gasteiger partial charge < -0.3 is 9.67 Å². The van der Waals surface area contributed by atoms with Crippen LogP contribution in [0.3, 0.4) is 0 Å². The Morgan fingerprint density at radius 2 is 1.36 bits per heavy atom. The first-order valence-electron chi connectivity index (χ1n) is 8.66. The van der Waals surface area contributed by atoms with Crippen LogP contribution in [0.5, 0.6) is 0 Å². The molecule has 3 aromatic carbocycles. The van der Waals surface area contributed by atoms with Crippen molar-refractivity contribution < 1.29 is 13.5 Å². The van der Waals surface area contributed by atoms with E-state index in [1.807, 2.05) is 36.4 Å². The molecule has 0 fully saturated rings. The summed E-state index contributed by atoms with van der Waals surface area (Å²) in [6.45, 7) is 1.51. The van der Waals surface area contributed by atoms with Crippen LogP contribution in [-0.4, -0.2) is 24.2 Å². The number of hydrogen-bond acceptors (Lipinski definition) is 3. The Kier molecular flexibility index (Phi) is 5.12. The molecule has 0 amide bonds. The highest BCUT2D eigenvalue weighted by molar-refractivity contribution is 9.10. The van der Waals surface area contributed by atoms with Gasteiger partial charge in [0.15, 0.2) is 5.37 Å². The van der Waals surface area contributed by atoms with Crippen LogP contribution >= 0.6 is 31.9 Å². The van der Waals surface area contributed by atoms with Crippen molar-refractivity contribution in [1.29, 1.82) is 0 Å². The smallest absolute Gasteiger partial charge is 0.202 e. The van der Waals surface area contributed by atoms with Crippen LogP contribution in [0.2, 0.25) is 0 Å². The monoisotopic (exact) mass is 521 g/mol. The Morgan fingerprint density at radius 3 is 1.82 bits per heavy atom. The van der Waals surface area contributed by atoms with Crippen molar-refractivity contribution in [1.82, 2.24) is 4.57 Å². The number of rotatable bonds is 4. The van der Waals surface area contributed by atoms with Crippen LogP contribution in [0.1, 0.15) is 12.3 Å². The van der Waals surface area contributed by atoms with Crippen LogP contribution in [0.25, 0.3) is 21.8 Å². The van der Waals surface area contributed by atoms with E-state index in [1.165, 1.54) is 6.92 Å². The molecule has 144 valence electrons. The molecule has 1 N–H and O–H groups in total. The SMILES string of the molecule is CC(O)C(n1c2ccc(Br)cc2c2cc(Br)ccc21)S(=O)(=O)c1ccccc1. The van der Waals surface area contributed by atoms with E-state index in [0.29, 0.717) is 0 Å². The second-order valence-corrected chi connectivity index (χ2v) is 10.6. The standard InChI is InChI=1S/C21H17Br2NO3S/c1-13(25)21(28(26,27)16-5-3-2-4-6-16)24-19-9-7-14(22)11-17(19)18-12-15(23)8-10-20(18)24/h2-13,21,25H,1H3. The highest BCUT2D eigenvalue weighted by Gasteiger charge is 2.35. The lowest BCUT2D eigenvalue weighted by Crippen LogP contribution is -2.29. The van der Waals surface area contributed by atoms with E-state index in [-0.39, 0.29) is 4.90 Å². The van der Waals surface area contributed by atoms with Crippen LogP contribution in [0.4, 0.5) is 0 Å². The van der Waals surface area contributed by atoms with Crippen molar-refractivity contribution >= 4 is 63.5 Å². The molecule has 0 saturated heterocycles. The number of aromatic nitrogens is 1. The zero-order valence-corrected chi connectivity index (χ0v) is 18.9. The summed E-state index contributed by atoms with van der Waals surface area (Å²) in [6.07, 6.45) is -1.11. The number of nitrogens with zero attached hydrogens (tertiary/aromatic N) is 1. The molecule has 28 heavy (non-hydrogen) atoms. The Hall–Kier alpha value is -1.67. The van der Waals surface area contributed by atoms with Gasteiger partial charge in [0, 0.05) is 19.7 Å². The molecule has 1 heterocycles. The molecule has 4 rings (SSSR count). The third-order valence-corrected chi connectivity index (χ3v) is 7.94. The minimum atomic E-state index is -3.84. The summed E-state index contributed by atoms with van der Waals surface area (Å²) in [4.78, 5) is 0.185. The maximum Gasteiger partial charge on any atom is 0.202 e. The topological polar surface area (TPSA) is 59.3 Å². The summed E-state index contributed by atoms with van der Waals surface area (Å²) in [5.41, 5.74) is 1.50. The van der Waals surface area contributed by atoms with Gasteiger partial charge in [-0.05, 0) is 55.5 Å².